The van der Waals surface area contributed by atoms with Crippen LogP contribution in [0.3, 0.4) is 0 Å². The van der Waals surface area contributed by atoms with Gasteiger partial charge in [0.2, 0.25) is 0 Å². The molecular weight excluding hydrogens is 424 g/mol. The molecule has 0 radical (unpaired) electrons. The third kappa shape index (κ3) is 3.84. The number of aromatic nitrogens is 3. The van der Waals surface area contributed by atoms with Crippen molar-refractivity contribution in [3.05, 3.63) is 89.0 Å². The lowest BCUT2D eigenvalue weighted by molar-refractivity contribution is 0.171. The maximum Gasteiger partial charge on any atom is 0.163 e. The zero-order chi connectivity index (χ0) is 23.1. The minimum Gasteiger partial charge on any atom is -0.486 e. The molecular formula is C28H28N4O2. The summed E-state index contributed by atoms with van der Waals surface area (Å²) in [5, 5.41) is 0. The third-order valence-corrected chi connectivity index (χ3v) is 6.76. The van der Waals surface area contributed by atoms with Crippen LogP contribution in [0, 0.1) is 13.8 Å². The maximum absolute atomic E-state index is 5.81. The standard InChI is InChI=1S/C28H28N4O2/c1-19-14-22(20(2)32(19)24-8-9-26-27(15-24)34-13-12-33-26)17-31-11-10-25-23(18-31)16-29-28(30-25)21-6-4-3-5-7-21/h3-9,14-16H,10-13,17-18H2,1-2H3. The summed E-state index contributed by atoms with van der Waals surface area (Å²) in [5.74, 6) is 2.46. The first kappa shape index (κ1) is 20.9. The Labute approximate surface area is 199 Å². The monoisotopic (exact) mass is 452 g/mol. The van der Waals surface area contributed by atoms with Crippen molar-refractivity contribution in [1.29, 1.82) is 0 Å². The van der Waals surface area contributed by atoms with Crippen molar-refractivity contribution in [2.24, 2.45) is 0 Å². The average Bonchev–Trinajstić information content (AvgIpc) is 3.16. The van der Waals surface area contributed by atoms with Gasteiger partial charge in [-0.3, -0.25) is 4.90 Å². The molecule has 0 saturated carbocycles. The lowest BCUT2D eigenvalue weighted by Gasteiger charge is -2.28. The fourth-order valence-electron chi connectivity index (χ4n) is 5.03. The molecule has 6 nitrogen and oxygen atoms in total. The van der Waals surface area contributed by atoms with Crippen LogP contribution in [0.2, 0.25) is 0 Å². The number of hydrogen-bond acceptors (Lipinski definition) is 5. The van der Waals surface area contributed by atoms with Crippen LogP contribution in [0.15, 0.2) is 60.8 Å². The molecule has 2 aliphatic heterocycles. The van der Waals surface area contributed by atoms with Crippen LogP contribution in [0.25, 0.3) is 17.1 Å². The molecule has 2 aromatic carbocycles. The van der Waals surface area contributed by atoms with Gasteiger partial charge in [0, 0.05) is 66.5 Å². The van der Waals surface area contributed by atoms with E-state index in [0.29, 0.717) is 13.2 Å². The molecule has 34 heavy (non-hydrogen) atoms. The second-order valence-electron chi connectivity index (χ2n) is 9.05. The van der Waals surface area contributed by atoms with Gasteiger partial charge in [-0.1, -0.05) is 30.3 Å². The topological polar surface area (TPSA) is 52.4 Å². The zero-order valence-corrected chi connectivity index (χ0v) is 19.6. The van der Waals surface area contributed by atoms with Crippen molar-refractivity contribution in [3.8, 4) is 28.6 Å². The number of rotatable bonds is 4. The van der Waals surface area contributed by atoms with Gasteiger partial charge in [-0.25, -0.2) is 9.97 Å². The molecule has 0 unspecified atom stereocenters. The maximum atomic E-state index is 5.81. The van der Waals surface area contributed by atoms with E-state index in [1.165, 1.54) is 28.2 Å². The molecule has 2 aliphatic rings. The average molecular weight is 453 g/mol. The van der Waals surface area contributed by atoms with Gasteiger partial charge in [0.1, 0.15) is 13.2 Å². The number of benzene rings is 2. The van der Waals surface area contributed by atoms with Gasteiger partial charge in [0.25, 0.3) is 0 Å². The van der Waals surface area contributed by atoms with E-state index in [0.717, 1.165) is 54.6 Å². The minimum absolute atomic E-state index is 0.596. The Bertz CT molecular complexity index is 1350. The second-order valence-corrected chi connectivity index (χ2v) is 9.05. The summed E-state index contributed by atoms with van der Waals surface area (Å²) < 4.78 is 13.8. The lowest BCUT2D eigenvalue weighted by atomic mass is 10.1. The highest BCUT2D eigenvalue weighted by Crippen LogP contribution is 2.34. The molecule has 0 atom stereocenters. The molecule has 0 spiro atoms. The molecule has 0 fully saturated rings. The van der Waals surface area contributed by atoms with Gasteiger partial charge in [-0.05, 0) is 37.6 Å². The van der Waals surface area contributed by atoms with Crippen molar-refractivity contribution in [2.75, 3.05) is 19.8 Å². The van der Waals surface area contributed by atoms with Crippen LogP contribution in [-0.4, -0.2) is 39.2 Å². The van der Waals surface area contributed by atoms with Crippen molar-refractivity contribution in [3.63, 3.8) is 0 Å². The van der Waals surface area contributed by atoms with E-state index < -0.39 is 0 Å². The molecule has 0 aliphatic carbocycles. The van der Waals surface area contributed by atoms with E-state index in [1.54, 1.807) is 0 Å². The number of nitrogens with zero attached hydrogens (tertiary/aromatic N) is 4. The summed E-state index contributed by atoms with van der Waals surface area (Å²) in [5.41, 5.74) is 8.40. The summed E-state index contributed by atoms with van der Waals surface area (Å²) in [4.78, 5) is 12.0. The predicted molar refractivity (Wildman–Crippen MR) is 132 cm³/mol. The first-order valence-electron chi connectivity index (χ1n) is 11.9. The number of ether oxygens (including phenoxy) is 2. The normalized spacial score (nSPS) is 15.2. The summed E-state index contributed by atoms with van der Waals surface area (Å²) >= 11 is 0. The van der Waals surface area contributed by atoms with Gasteiger partial charge in [0.15, 0.2) is 17.3 Å². The molecule has 6 heteroatoms. The zero-order valence-electron chi connectivity index (χ0n) is 19.6. The van der Waals surface area contributed by atoms with E-state index >= 15 is 0 Å². The highest BCUT2D eigenvalue weighted by atomic mass is 16.6. The van der Waals surface area contributed by atoms with Gasteiger partial charge >= 0.3 is 0 Å². The third-order valence-electron chi connectivity index (χ3n) is 6.76. The summed E-state index contributed by atoms with van der Waals surface area (Å²) in [7, 11) is 0. The Morgan fingerprint density at radius 1 is 0.941 bits per heavy atom. The van der Waals surface area contributed by atoms with Crippen molar-refractivity contribution in [2.45, 2.75) is 33.4 Å². The fourth-order valence-corrected chi connectivity index (χ4v) is 5.03. The Morgan fingerprint density at radius 3 is 2.62 bits per heavy atom. The largest absolute Gasteiger partial charge is 0.486 e. The van der Waals surface area contributed by atoms with E-state index in [-0.39, 0.29) is 0 Å². The lowest BCUT2D eigenvalue weighted by Crippen LogP contribution is -2.31. The minimum atomic E-state index is 0.596. The molecule has 2 aromatic heterocycles. The van der Waals surface area contributed by atoms with Gasteiger partial charge in [-0.2, -0.15) is 0 Å². The second kappa shape index (κ2) is 8.61. The first-order valence-corrected chi connectivity index (χ1v) is 11.9. The van der Waals surface area contributed by atoms with Gasteiger partial charge in [0.05, 0.1) is 5.69 Å². The van der Waals surface area contributed by atoms with Crippen LogP contribution in [0.5, 0.6) is 11.5 Å². The van der Waals surface area contributed by atoms with E-state index in [9.17, 15) is 0 Å². The van der Waals surface area contributed by atoms with E-state index in [1.807, 2.05) is 30.5 Å². The highest BCUT2D eigenvalue weighted by Gasteiger charge is 2.21. The first-order chi connectivity index (χ1) is 16.7. The summed E-state index contributed by atoms with van der Waals surface area (Å²) in [6.07, 6.45) is 2.95. The number of aryl methyl sites for hydroxylation is 1. The Hall–Kier alpha value is -3.64. The van der Waals surface area contributed by atoms with Crippen LogP contribution < -0.4 is 9.47 Å². The highest BCUT2D eigenvalue weighted by molar-refractivity contribution is 5.55. The number of fused-ring (bicyclic) bond motifs is 2. The number of hydrogen-bond donors (Lipinski definition) is 0. The Morgan fingerprint density at radius 2 is 1.76 bits per heavy atom. The predicted octanol–water partition coefficient (Wildman–Crippen LogP) is 4.88. The molecule has 4 aromatic rings. The molecule has 0 bridgehead atoms. The summed E-state index contributed by atoms with van der Waals surface area (Å²) in [6, 6.07) is 18.7. The van der Waals surface area contributed by atoms with Crippen LogP contribution >= 0.6 is 0 Å². The van der Waals surface area contributed by atoms with E-state index in [2.05, 4.69) is 58.6 Å². The molecule has 0 N–H and O–H groups in total. The molecule has 4 heterocycles. The SMILES string of the molecule is Cc1cc(CN2CCc3nc(-c4ccccc4)ncc3C2)c(C)n1-c1ccc2c(c1)OCCO2. The fraction of sp³-hybridized carbons (Fsp3) is 0.286. The molecule has 172 valence electrons. The van der Waals surface area contributed by atoms with Gasteiger partial charge < -0.3 is 14.0 Å². The smallest absolute Gasteiger partial charge is 0.163 e. The molecule has 0 saturated heterocycles. The molecule has 6 rings (SSSR count). The van der Waals surface area contributed by atoms with Crippen LogP contribution in [-0.2, 0) is 19.5 Å². The quantitative estimate of drug-likeness (QED) is 0.442. The van der Waals surface area contributed by atoms with Crippen LogP contribution in [0.4, 0.5) is 0 Å². The summed E-state index contributed by atoms with van der Waals surface area (Å²) in [6.45, 7) is 8.34. The molecule has 0 amide bonds. The van der Waals surface area contributed by atoms with E-state index in [4.69, 9.17) is 14.5 Å². The van der Waals surface area contributed by atoms with Gasteiger partial charge in [-0.15, -0.1) is 0 Å². The Kier molecular flexibility index (Phi) is 5.30. The van der Waals surface area contributed by atoms with Crippen molar-refractivity contribution < 1.29 is 9.47 Å². The van der Waals surface area contributed by atoms with Crippen molar-refractivity contribution >= 4 is 0 Å². The Balaban J connectivity index is 1.21. The van der Waals surface area contributed by atoms with Crippen molar-refractivity contribution in [1.82, 2.24) is 19.4 Å². The van der Waals surface area contributed by atoms with Crippen LogP contribution in [0.1, 0.15) is 28.2 Å².